The summed E-state index contributed by atoms with van der Waals surface area (Å²) >= 11 is 6.17. The molecule has 0 saturated heterocycles. The number of benzene rings is 2. The zero-order chi connectivity index (χ0) is 25.1. The highest BCUT2D eigenvalue weighted by atomic mass is 35.5. The van der Waals surface area contributed by atoms with Crippen molar-refractivity contribution in [1.82, 2.24) is 10.3 Å². The Morgan fingerprint density at radius 3 is 2.92 bits per heavy atom. The van der Waals surface area contributed by atoms with E-state index in [9.17, 15) is 5.11 Å². The van der Waals surface area contributed by atoms with Crippen LogP contribution in [-0.2, 0) is 0 Å². The van der Waals surface area contributed by atoms with Crippen LogP contribution in [0.2, 0.25) is 5.02 Å². The summed E-state index contributed by atoms with van der Waals surface area (Å²) in [6.45, 7) is 4.80. The fourth-order valence-electron chi connectivity index (χ4n) is 4.53. The second-order valence-electron chi connectivity index (χ2n) is 8.91. The first-order chi connectivity index (χ1) is 17.5. The summed E-state index contributed by atoms with van der Waals surface area (Å²) in [6.07, 6.45) is 8.01. The lowest BCUT2D eigenvalue weighted by atomic mass is 10.0. The van der Waals surface area contributed by atoms with Crippen LogP contribution in [-0.4, -0.2) is 23.2 Å². The largest absolute Gasteiger partial charge is 0.464 e. The number of aliphatic hydroxyl groups is 1. The smallest absolute Gasteiger partial charge is 0.137 e. The second-order valence-corrected chi connectivity index (χ2v) is 9.35. The predicted octanol–water partition coefficient (Wildman–Crippen LogP) is 6.71. The van der Waals surface area contributed by atoms with Gasteiger partial charge in [0.05, 0.1) is 18.9 Å². The minimum atomic E-state index is -0.239. The molecule has 7 heteroatoms. The van der Waals surface area contributed by atoms with Gasteiger partial charge in [-0.1, -0.05) is 42.0 Å². The molecule has 3 N–H and O–H groups in total. The predicted molar refractivity (Wildman–Crippen MR) is 147 cm³/mol. The zero-order valence-corrected chi connectivity index (χ0v) is 21.0. The molecule has 0 aliphatic carbocycles. The Morgan fingerprint density at radius 1 is 1.22 bits per heavy atom. The van der Waals surface area contributed by atoms with Crippen LogP contribution in [0.25, 0.3) is 11.0 Å². The number of aliphatic hydroxyl groups excluding tert-OH is 1. The van der Waals surface area contributed by atoms with Crippen LogP contribution in [0.15, 0.2) is 95.4 Å². The first kappa shape index (κ1) is 24.0. The molecule has 5 rings (SSSR count). The molecule has 1 aliphatic heterocycles. The van der Waals surface area contributed by atoms with Crippen molar-refractivity contribution in [3.63, 3.8) is 0 Å². The molecule has 0 amide bonds. The average Bonchev–Trinajstić information content (AvgIpc) is 3.56. The second kappa shape index (κ2) is 10.5. The molecule has 36 heavy (non-hydrogen) atoms. The SMILES string of the molecule is C/C=C(/NC(CO)c1cccc(Cl)c1)C1C=CN(c2nc(Nc3ccc4occc4c3)ccc2C)C1. The van der Waals surface area contributed by atoms with Crippen molar-refractivity contribution in [2.75, 3.05) is 23.4 Å². The summed E-state index contributed by atoms with van der Waals surface area (Å²) in [6, 6.07) is 19.4. The van der Waals surface area contributed by atoms with E-state index in [0.29, 0.717) is 5.02 Å². The summed E-state index contributed by atoms with van der Waals surface area (Å²) in [5.41, 5.74) is 4.91. The summed E-state index contributed by atoms with van der Waals surface area (Å²) in [5.74, 6) is 1.83. The third kappa shape index (κ3) is 5.10. The van der Waals surface area contributed by atoms with Gasteiger partial charge in [-0.2, -0.15) is 0 Å². The summed E-state index contributed by atoms with van der Waals surface area (Å²) in [4.78, 5) is 7.09. The molecule has 2 atom stereocenters. The van der Waals surface area contributed by atoms with E-state index < -0.39 is 0 Å². The Hall–Kier alpha value is -3.74. The molecule has 0 saturated carbocycles. The van der Waals surface area contributed by atoms with E-state index in [-0.39, 0.29) is 18.6 Å². The third-order valence-electron chi connectivity index (χ3n) is 6.44. The minimum absolute atomic E-state index is 0.0309. The van der Waals surface area contributed by atoms with Crippen molar-refractivity contribution in [2.45, 2.75) is 19.9 Å². The molecule has 0 bridgehead atoms. The first-order valence-corrected chi connectivity index (χ1v) is 12.4. The maximum Gasteiger partial charge on any atom is 0.137 e. The molecule has 0 fully saturated rings. The van der Waals surface area contributed by atoms with Crippen LogP contribution in [0, 0.1) is 12.8 Å². The van der Waals surface area contributed by atoms with Gasteiger partial charge in [-0.25, -0.2) is 4.98 Å². The fraction of sp³-hybridized carbons (Fsp3) is 0.207. The van der Waals surface area contributed by atoms with E-state index in [1.54, 1.807) is 6.26 Å². The molecule has 3 heterocycles. The number of hydrogen-bond donors (Lipinski definition) is 3. The van der Waals surface area contributed by atoms with E-state index in [4.69, 9.17) is 21.0 Å². The Kier molecular flexibility index (Phi) is 6.98. The molecular formula is C29H29ClN4O2. The summed E-state index contributed by atoms with van der Waals surface area (Å²) in [5, 5.41) is 18.7. The van der Waals surface area contributed by atoms with Gasteiger partial charge in [-0.15, -0.1) is 0 Å². The summed E-state index contributed by atoms with van der Waals surface area (Å²) in [7, 11) is 0. The van der Waals surface area contributed by atoms with Gasteiger partial charge < -0.3 is 25.1 Å². The van der Waals surface area contributed by atoms with Crippen molar-refractivity contribution in [1.29, 1.82) is 0 Å². The van der Waals surface area contributed by atoms with Crippen molar-refractivity contribution in [2.24, 2.45) is 5.92 Å². The number of fused-ring (bicyclic) bond motifs is 1. The highest BCUT2D eigenvalue weighted by Gasteiger charge is 2.24. The Morgan fingerprint density at radius 2 is 2.11 bits per heavy atom. The number of halogens is 1. The Bertz CT molecular complexity index is 1430. The normalized spacial score (nSPS) is 16.5. The molecular weight excluding hydrogens is 472 g/mol. The van der Waals surface area contributed by atoms with Crippen LogP contribution in [0.1, 0.15) is 24.1 Å². The Balaban J connectivity index is 1.30. The first-order valence-electron chi connectivity index (χ1n) is 12.0. The van der Waals surface area contributed by atoms with E-state index in [1.807, 2.05) is 61.5 Å². The van der Waals surface area contributed by atoms with Crippen molar-refractivity contribution < 1.29 is 9.52 Å². The van der Waals surface area contributed by atoms with Gasteiger partial charge in [-0.3, -0.25) is 0 Å². The standard InChI is InChI=1S/C29H29ClN4O2/c1-3-25(32-26(18-35)20-5-4-6-23(30)15-20)22-11-13-34(17-22)29-19(2)7-10-28(33-29)31-24-8-9-27-21(16-24)12-14-36-27/h3-16,22,26,32,35H,17-18H2,1-2H3,(H,31,33)/b25-3+. The van der Waals surface area contributed by atoms with Gasteiger partial charge in [-0.05, 0) is 67.4 Å². The lowest BCUT2D eigenvalue weighted by Crippen LogP contribution is -2.30. The van der Waals surface area contributed by atoms with Gasteiger partial charge in [0.1, 0.15) is 17.2 Å². The molecule has 1 aliphatic rings. The number of nitrogens with zero attached hydrogens (tertiary/aromatic N) is 2. The lowest BCUT2D eigenvalue weighted by molar-refractivity contribution is 0.250. The zero-order valence-electron chi connectivity index (χ0n) is 20.3. The molecule has 0 spiro atoms. The number of aromatic nitrogens is 1. The topological polar surface area (TPSA) is 73.6 Å². The van der Waals surface area contributed by atoms with E-state index in [1.165, 1.54) is 0 Å². The fourth-order valence-corrected chi connectivity index (χ4v) is 4.73. The number of allylic oxidation sites excluding steroid dienone is 1. The highest BCUT2D eigenvalue weighted by Crippen LogP contribution is 2.30. The maximum absolute atomic E-state index is 10.0. The van der Waals surface area contributed by atoms with Crippen LogP contribution in [0.3, 0.4) is 0 Å². The van der Waals surface area contributed by atoms with E-state index in [2.05, 4.69) is 46.9 Å². The van der Waals surface area contributed by atoms with Gasteiger partial charge >= 0.3 is 0 Å². The molecule has 4 aromatic rings. The van der Waals surface area contributed by atoms with E-state index in [0.717, 1.165) is 51.7 Å². The monoisotopic (exact) mass is 500 g/mol. The number of rotatable bonds is 8. The third-order valence-corrected chi connectivity index (χ3v) is 6.68. The average molecular weight is 501 g/mol. The van der Waals surface area contributed by atoms with Gasteiger partial charge in [0.2, 0.25) is 0 Å². The summed E-state index contributed by atoms with van der Waals surface area (Å²) < 4.78 is 5.44. The van der Waals surface area contributed by atoms with Gasteiger partial charge in [0.25, 0.3) is 0 Å². The van der Waals surface area contributed by atoms with Crippen molar-refractivity contribution >= 4 is 39.9 Å². The van der Waals surface area contributed by atoms with Crippen LogP contribution in [0.5, 0.6) is 0 Å². The van der Waals surface area contributed by atoms with Gasteiger partial charge in [0, 0.05) is 40.5 Å². The van der Waals surface area contributed by atoms with E-state index >= 15 is 0 Å². The van der Waals surface area contributed by atoms with Gasteiger partial charge in [0.15, 0.2) is 0 Å². The molecule has 0 radical (unpaired) electrons. The number of aryl methyl sites for hydroxylation is 1. The number of furan rings is 1. The quantitative estimate of drug-likeness (QED) is 0.250. The molecule has 2 unspecified atom stereocenters. The number of pyridine rings is 1. The van der Waals surface area contributed by atoms with Crippen molar-refractivity contribution in [3.05, 3.63) is 107 Å². The maximum atomic E-state index is 10.0. The highest BCUT2D eigenvalue weighted by molar-refractivity contribution is 6.30. The number of hydrogen-bond acceptors (Lipinski definition) is 6. The molecule has 2 aromatic carbocycles. The van der Waals surface area contributed by atoms with Crippen LogP contribution >= 0.6 is 11.6 Å². The van der Waals surface area contributed by atoms with Crippen molar-refractivity contribution in [3.8, 4) is 0 Å². The Labute approximate surface area is 215 Å². The molecule has 2 aromatic heterocycles. The number of nitrogens with one attached hydrogen (secondary N) is 2. The lowest BCUT2D eigenvalue weighted by Gasteiger charge is -2.25. The number of anilines is 3. The minimum Gasteiger partial charge on any atom is -0.464 e. The van der Waals surface area contributed by atoms with Crippen LogP contribution in [0.4, 0.5) is 17.3 Å². The van der Waals surface area contributed by atoms with Crippen LogP contribution < -0.4 is 15.5 Å². The molecule has 6 nitrogen and oxygen atoms in total. The molecule has 184 valence electrons.